The number of carbonyl (C=O) groups is 1. The van der Waals surface area contributed by atoms with E-state index in [1.54, 1.807) is 4.90 Å². The first-order valence-corrected chi connectivity index (χ1v) is 8.27. The number of amides is 1. The van der Waals surface area contributed by atoms with Gasteiger partial charge < -0.3 is 14.5 Å². The summed E-state index contributed by atoms with van der Waals surface area (Å²) < 4.78 is 43.6. The molecule has 1 aromatic rings. The quantitative estimate of drug-likeness (QED) is 0.820. The van der Waals surface area contributed by atoms with Gasteiger partial charge in [-0.1, -0.05) is 18.2 Å². The summed E-state index contributed by atoms with van der Waals surface area (Å²) in [4.78, 5) is 17.7. The van der Waals surface area contributed by atoms with Crippen LogP contribution in [0.3, 0.4) is 0 Å². The second kappa shape index (κ2) is 6.84. The van der Waals surface area contributed by atoms with Crippen LogP contribution in [0.25, 0.3) is 0 Å². The molecule has 0 radical (unpaired) electrons. The number of alkyl halides is 3. The molecule has 1 amide bonds. The molecule has 0 unspecified atom stereocenters. The highest BCUT2D eigenvalue weighted by atomic mass is 19.4. The zero-order valence-electron chi connectivity index (χ0n) is 14.1. The van der Waals surface area contributed by atoms with E-state index in [9.17, 15) is 18.0 Å². The van der Waals surface area contributed by atoms with E-state index in [1.165, 1.54) is 4.90 Å². The zero-order chi connectivity index (χ0) is 18.1. The Morgan fingerprint density at radius 3 is 2.24 bits per heavy atom. The van der Waals surface area contributed by atoms with Crippen molar-refractivity contribution in [3.63, 3.8) is 0 Å². The minimum atomic E-state index is -4.41. The fourth-order valence-electron chi connectivity index (χ4n) is 3.36. The van der Waals surface area contributed by atoms with Gasteiger partial charge in [0.15, 0.2) is 5.60 Å². The Bertz CT molecular complexity index is 595. The number of carbonyl (C=O) groups excluding carboxylic acids is 1. The van der Waals surface area contributed by atoms with Crippen LogP contribution in [-0.2, 0) is 9.53 Å². The lowest BCUT2D eigenvalue weighted by molar-refractivity contribution is -0.310. The predicted molar refractivity (Wildman–Crippen MR) is 87.5 cm³/mol. The molecule has 0 aliphatic carbocycles. The average Bonchev–Trinajstić information content (AvgIpc) is 2.57. The lowest BCUT2D eigenvalue weighted by Crippen LogP contribution is -2.71. The molecule has 0 atom stereocenters. The normalized spacial score (nSPS) is 21.1. The molecule has 2 fully saturated rings. The van der Waals surface area contributed by atoms with Crippen LogP contribution in [0.5, 0.6) is 0 Å². The first-order valence-electron chi connectivity index (χ1n) is 8.27. The summed E-state index contributed by atoms with van der Waals surface area (Å²) in [7, 11) is 1.06. The summed E-state index contributed by atoms with van der Waals surface area (Å²) in [5.74, 6) is -0.125. The molecule has 2 saturated heterocycles. The number of likely N-dealkylation sites (tertiary alicyclic amines) is 1. The maximum atomic E-state index is 13.0. The van der Waals surface area contributed by atoms with E-state index < -0.39 is 11.8 Å². The lowest BCUT2D eigenvalue weighted by Gasteiger charge is -2.49. The number of anilines is 1. The molecule has 5 nitrogen and oxygen atoms in total. The molecule has 25 heavy (non-hydrogen) atoms. The highest BCUT2D eigenvalue weighted by molar-refractivity contribution is 5.78. The van der Waals surface area contributed by atoms with Gasteiger partial charge in [-0.25, -0.2) is 0 Å². The molecule has 0 spiro atoms. The first kappa shape index (κ1) is 18.0. The van der Waals surface area contributed by atoms with Gasteiger partial charge in [-0.3, -0.25) is 9.69 Å². The third-order valence-corrected chi connectivity index (χ3v) is 4.98. The summed E-state index contributed by atoms with van der Waals surface area (Å²) in [6, 6.07) is 9.95. The summed E-state index contributed by atoms with van der Waals surface area (Å²) in [5, 5.41) is 0. The molecule has 2 heterocycles. The van der Waals surface area contributed by atoms with Crippen molar-refractivity contribution >= 4 is 11.6 Å². The Morgan fingerprint density at radius 1 is 1.12 bits per heavy atom. The van der Waals surface area contributed by atoms with Crippen molar-refractivity contribution < 1.29 is 22.7 Å². The van der Waals surface area contributed by atoms with Gasteiger partial charge in [0.25, 0.3) is 0 Å². The highest BCUT2D eigenvalue weighted by Gasteiger charge is 2.62. The number of rotatable bonds is 4. The number of benzene rings is 1. The summed E-state index contributed by atoms with van der Waals surface area (Å²) in [6.07, 6.45) is -4.41. The lowest BCUT2D eigenvalue weighted by atomic mass is 9.93. The van der Waals surface area contributed by atoms with Crippen LogP contribution in [0.15, 0.2) is 30.3 Å². The monoisotopic (exact) mass is 357 g/mol. The number of piperazine rings is 1. The fourth-order valence-corrected chi connectivity index (χ4v) is 3.36. The molecule has 1 aromatic carbocycles. The Morgan fingerprint density at radius 2 is 1.72 bits per heavy atom. The Labute approximate surface area is 144 Å². The molecule has 0 bridgehead atoms. The molecule has 138 valence electrons. The third-order valence-electron chi connectivity index (χ3n) is 4.98. The molecule has 0 aromatic heterocycles. The van der Waals surface area contributed by atoms with E-state index in [4.69, 9.17) is 0 Å². The van der Waals surface area contributed by atoms with E-state index in [0.717, 1.165) is 25.9 Å². The van der Waals surface area contributed by atoms with E-state index in [2.05, 4.69) is 9.64 Å². The molecular weight excluding hydrogens is 335 g/mol. The van der Waals surface area contributed by atoms with Gasteiger partial charge in [0.05, 0.1) is 6.54 Å². The SMILES string of the molecule is COC1(C(F)(F)F)CN(CC(=O)N2CCN(c3ccccc3)CC2)C1. The van der Waals surface area contributed by atoms with Gasteiger partial charge in [0, 0.05) is 52.1 Å². The van der Waals surface area contributed by atoms with Crippen molar-refractivity contribution in [2.45, 2.75) is 11.8 Å². The maximum absolute atomic E-state index is 13.0. The van der Waals surface area contributed by atoms with Crippen LogP contribution in [0.1, 0.15) is 0 Å². The van der Waals surface area contributed by atoms with Crippen LogP contribution in [-0.4, -0.2) is 80.4 Å². The van der Waals surface area contributed by atoms with Crippen molar-refractivity contribution in [2.75, 3.05) is 57.8 Å². The zero-order valence-corrected chi connectivity index (χ0v) is 14.1. The summed E-state index contributed by atoms with van der Waals surface area (Å²) >= 11 is 0. The summed E-state index contributed by atoms with van der Waals surface area (Å²) in [5.41, 5.74) is -1.01. The molecule has 8 heteroatoms. The highest BCUT2D eigenvalue weighted by Crippen LogP contribution is 2.40. The largest absolute Gasteiger partial charge is 0.419 e. The van der Waals surface area contributed by atoms with Crippen LogP contribution in [0.2, 0.25) is 0 Å². The van der Waals surface area contributed by atoms with E-state index in [-0.39, 0.29) is 25.5 Å². The maximum Gasteiger partial charge on any atom is 0.419 e. The van der Waals surface area contributed by atoms with Crippen molar-refractivity contribution in [3.05, 3.63) is 30.3 Å². The smallest absolute Gasteiger partial charge is 0.368 e. The number of nitrogens with zero attached hydrogens (tertiary/aromatic N) is 3. The summed E-state index contributed by atoms with van der Waals surface area (Å²) in [6.45, 7) is 2.03. The number of ether oxygens (including phenoxy) is 1. The van der Waals surface area contributed by atoms with Crippen molar-refractivity contribution in [1.29, 1.82) is 0 Å². The van der Waals surface area contributed by atoms with E-state index in [0.29, 0.717) is 13.1 Å². The van der Waals surface area contributed by atoms with Gasteiger partial charge in [-0.15, -0.1) is 0 Å². The van der Waals surface area contributed by atoms with Crippen molar-refractivity contribution in [3.8, 4) is 0 Å². The van der Waals surface area contributed by atoms with Gasteiger partial charge in [0.1, 0.15) is 0 Å². The number of methoxy groups -OCH3 is 1. The van der Waals surface area contributed by atoms with Gasteiger partial charge in [0.2, 0.25) is 5.91 Å². The molecule has 2 aliphatic heterocycles. The predicted octanol–water partition coefficient (Wildman–Crippen LogP) is 1.60. The fraction of sp³-hybridized carbons (Fsp3) is 0.588. The van der Waals surface area contributed by atoms with Gasteiger partial charge in [-0.05, 0) is 12.1 Å². The standard InChI is InChI=1S/C17H22F3N3O2/c1-25-16(17(18,19)20)12-21(13-16)11-15(24)23-9-7-22(8-10-23)14-5-3-2-4-6-14/h2-6H,7-13H2,1H3. The molecule has 0 saturated carbocycles. The molecule has 2 aliphatic rings. The Hall–Kier alpha value is -1.80. The third kappa shape index (κ3) is 3.59. The Kier molecular flexibility index (Phi) is 4.92. The first-order chi connectivity index (χ1) is 11.8. The topological polar surface area (TPSA) is 36.0 Å². The number of halogens is 3. The second-order valence-electron chi connectivity index (χ2n) is 6.54. The van der Waals surface area contributed by atoms with Gasteiger partial charge >= 0.3 is 6.18 Å². The number of hydrogen-bond acceptors (Lipinski definition) is 4. The van der Waals surface area contributed by atoms with Crippen molar-refractivity contribution in [2.24, 2.45) is 0 Å². The van der Waals surface area contributed by atoms with Crippen molar-refractivity contribution in [1.82, 2.24) is 9.80 Å². The van der Waals surface area contributed by atoms with Crippen LogP contribution < -0.4 is 4.90 Å². The second-order valence-corrected chi connectivity index (χ2v) is 6.54. The number of para-hydroxylation sites is 1. The van der Waals surface area contributed by atoms with E-state index >= 15 is 0 Å². The van der Waals surface area contributed by atoms with Crippen LogP contribution in [0.4, 0.5) is 18.9 Å². The number of hydrogen-bond donors (Lipinski definition) is 0. The van der Waals surface area contributed by atoms with Crippen LogP contribution in [0, 0.1) is 0 Å². The van der Waals surface area contributed by atoms with Crippen LogP contribution >= 0.6 is 0 Å². The minimum Gasteiger partial charge on any atom is -0.368 e. The Balaban J connectivity index is 1.47. The minimum absolute atomic E-state index is 0.00648. The van der Waals surface area contributed by atoms with Gasteiger partial charge in [-0.2, -0.15) is 13.2 Å². The molecule has 0 N–H and O–H groups in total. The molecule has 3 rings (SSSR count). The average molecular weight is 357 g/mol. The molecular formula is C17H22F3N3O2. The van der Waals surface area contributed by atoms with E-state index in [1.807, 2.05) is 30.3 Å².